The fraction of sp³-hybridized carbons (Fsp3) is 0.360. The lowest BCUT2D eigenvalue weighted by Gasteiger charge is -2.19. The average molecular weight is 481 g/mol. The lowest BCUT2D eigenvalue weighted by atomic mass is 10.0. The van der Waals surface area contributed by atoms with E-state index in [0.29, 0.717) is 52.1 Å². The van der Waals surface area contributed by atoms with Crippen molar-refractivity contribution in [3.8, 4) is 0 Å². The normalized spacial score (nSPS) is 13.4. The molecule has 1 fully saturated rings. The van der Waals surface area contributed by atoms with E-state index in [2.05, 4.69) is 10.3 Å². The lowest BCUT2D eigenvalue weighted by molar-refractivity contribution is 0.0793. The number of aromatic nitrogens is 2. The number of amides is 2. The molecule has 9 heteroatoms. The number of anilines is 1. The van der Waals surface area contributed by atoms with Gasteiger partial charge in [-0.25, -0.2) is 0 Å². The largest absolute Gasteiger partial charge is 0.385 e. The highest BCUT2D eigenvalue weighted by Crippen LogP contribution is 2.24. The van der Waals surface area contributed by atoms with Crippen molar-refractivity contribution in [3.63, 3.8) is 0 Å². The van der Waals surface area contributed by atoms with E-state index >= 15 is 0 Å². The number of carbonyl (C=O) groups excluding carboxylic acids is 2. The molecule has 3 aromatic rings. The van der Waals surface area contributed by atoms with Crippen LogP contribution in [0.15, 0.2) is 41.2 Å². The Morgan fingerprint density at radius 1 is 1.18 bits per heavy atom. The minimum Gasteiger partial charge on any atom is -0.385 e. The summed E-state index contributed by atoms with van der Waals surface area (Å²) in [6, 6.07) is 10.3. The highest BCUT2D eigenvalue weighted by Gasteiger charge is 2.24. The van der Waals surface area contributed by atoms with Crippen LogP contribution in [0.4, 0.5) is 5.69 Å². The molecular formula is C25H28N4O4S. The van der Waals surface area contributed by atoms with Crippen LogP contribution in [0.2, 0.25) is 0 Å². The molecule has 0 radical (unpaired) electrons. The molecule has 8 nitrogen and oxygen atoms in total. The Balaban J connectivity index is 1.62. The van der Waals surface area contributed by atoms with Crippen molar-refractivity contribution in [3.05, 3.63) is 68.2 Å². The van der Waals surface area contributed by atoms with Crippen LogP contribution >= 0.6 is 12.2 Å². The van der Waals surface area contributed by atoms with E-state index in [-0.39, 0.29) is 17.4 Å². The van der Waals surface area contributed by atoms with Crippen molar-refractivity contribution in [1.82, 2.24) is 14.5 Å². The number of nitrogens with one attached hydrogen (secondary N) is 2. The van der Waals surface area contributed by atoms with Gasteiger partial charge in [0.05, 0.1) is 22.2 Å². The molecule has 0 aliphatic carbocycles. The molecule has 2 aromatic carbocycles. The molecule has 0 atom stereocenters. The highest BCUT2D eigenvalue weighted by atomic mass is 32.1. The van der Waals surface area contributed by atoms with Crippen LogP contribution in [-0.4, -0.2) is 53.1 Å². The number of likely N-dealkylation sites (tertiary alicyclic amines) is 1. The van der Waals surface area contributed by atoms with E-state index in [9.17, 15) is 14.4 Å². The number of rotatable bonds is 7. The zero-order valence-corrected chi connectivity index (χ0v) is 20.2. The van der Waals surface area contributed by atoms with Gasteiger partial charge in [0.1, 0.15) is 0 Å². The smallest absolute Gasteiger partial charge is 0.262 e. The highest BCUT2D eigenvalue weighted by molar-refractivity contribution is 7.71. The second-order valence-electron chi connectivity index (χ2n) is 8.44. The first-order valence-corrected chi connectivity index (χ1v) is 11.8. The number of methoxy groups -OCH3 is 1. The number of benzene rings is 2. The maximum Gasteiger partial charge on any atom is 0.262 e. The van der Waals surface area contributed by atoms with Crippen molar-refractivity contribution >= 4 is 40.6 Å². The second kappa shape index (κ2) is 10.3. The molecule has 2 amide bonds. The number of fused-ring (bicyclic) bond motifs is 1. The van der Waals surface area contributed by atoms with E-state index in [1.807, 2.05) is 24.0 Å². The molecule has 1 saturated heterocycles. The van der Waals surface area contributed by atoms with Crippen LogP contribution in [0.25, 0.3) is 10.9 Å². The lowest BCUT2D eigenvalue weighted by Crippen LogP contribution is -2.29. The summed E-state index contributed by atoms with van der Waals surface area (Å²) >= 11 is 5.37. The molecular weight excluding hydrogens is 452 g/mol. The number of aromatic amines is 1. The summed E-state index contributed by atoms with van der Waals surface area (Å²) in [4.78, 5) is 44.0. The topological polar surface area (TPSA) is 96.4 Å². The predicted octanol–water partition coefficient (Wildman–Crippen LogP) is 3.89. The van der Waals surface area contributed by atoms with Crippen LogP contribution in [0.5, 0.6) is 0 Å². The molecule has 178 valence electrons. The summed E-state index contributed by atoms with van der Waals surface area (Å²) in [5, 5.41) is 3.34. The van der Waals surface area contributed by atoms with Gasteiger partial charge in [-0.3, -0.25) is 19.0 Å². The average Bonchev–Trinajstić information content (AvgIpc) is 3.36. The number of ether oxygens (including phenoxy) is 1. The Bertz CT molecular complexity index is 1360. The number of nitrogens with zero attached hydrogens (tertiary/aromatic N) is 2. The van der Waals surface area contributed by atoms with E-state index in [1.54, 1.807) is 31.4 Å². The summed E-state index contributed by atoms with van der Waals surface area (Å²) in [6.07, 6.45) is 2.65. The molecule has 0 bridgehead atoms. The van der Waals surface area contributed by atoms with Crippen molar-refractivity contribution in [2.75, 3.05) is 32.1 Å². The molecule has 1 aliphatic rings. The summed E-state index contributed by atoms with van der Waals surface area (Å²) in [5.41, 5.74) is 2.43. The van der Waals surface area contributed by atoms with Crippen molar-refractivity contribution in [1.29, 1.82) is 0 Å². The van der Waals surface area contributed by atoms with Gasteiger partial charge in [-0.2, -0.15) is 0 Å². The summed E-state index contributed by atoms with van der Waals surface area (Å²) in [6.45, 7) is 4.30. The second-order valence-corrected chi connectivity index (χ2v) is 8.83. The van der Waals surface area contributed by atoms with Crippen LogP contribution in [0.1, 0.15) is 45.5 Å². The zero-order valence-electron chi connectivity index (χ0n) is 19.3. The summed E-state index contributed by atoms with van der Waals surface area (Å²) < 4.78 is 6.85. The quantitative estimate of drug-likeness (QED) is 0.395. The molecule has 1 aromatic heterocycles. The van der Waals surface area contributed by atoms with Gasteiger partial charge in [-0.05, 0) is 68.2 Å². The number of hydrogen-bond donors (Lipinski definition) is 2. The first kappa shape index (κ1) is 23.8. The number of H-pyrrole nitrogens is 1. The standard InChI is InChI=1S/C25H28N4O4S/c1-16-7-5-8-19(21(16)24(32)28-11-3-4-12-28)26-22(30)17-9-10-18-20(15-17)27-25(34)29(23(18)31)13-6-14-33-2/h5,7-10,15H,3-4,6,11-14H2,1-2H3,(H,26,30)(H,27,34). The van der Waals surface area contributed by atoms with Crippen molar-refractivity contribution in [2.24, 2.45) is 0 Å². The molecule has 0 spiro atoms. The van der Waals surface area contributed by atoms with Gasteiger partial charge in [-0.15, -0.1) is 0 Å². The van der Waals surface area contributed by atoms with Crippen LogP contribution in [-0.2, 0) is 11.3 Å². The third-order valence-corrected chi connectivity index (χ3v) is 6.42. The Morgan fingerprint density at radius 2 is 1.94 bits per heavy atom. The van der Waals surface area contributed by atoms with Gasteiger partial charge < -0.3 is 19.9 Å². The van der Waals surface area contributed by atoms with Crippen LogP contribution in [0.3, 0.4) is 0 Å². The molecule has 34 heavy (non-hydrogen) atoms. The van der Waals surface area contributed by atoms with E-state index < -0.39 is 0 Å². The monoisotopic (exact) mass is 480 g/mol. The van der Waals surface area contributed by atoms with Gasteiger partial charge in [0.15, 0.2) is 4.77 Å². The number of carbonyl (C=O) groups is 2. The van der Waals surface area contributed by atoms with Gasteiger partial charge >= 0.3 is 0 Å². The fourth-order valence-corrected chi connectivity index (χ4v) is 4.58. The summed E-state index contributed by atoms with van der Waals surface area (Å²) in [5.74, 6) is -0.436. The third-order valence-electron chi connectivity index (χ3n) is 6.10. The first-order chi connectivity index (χ1) is 16.4. The molecule has 0 unspecified atom stereocenters. The van der Waals surface area contributed by atoms with Gasteiger partial charge in [0.2, 0.25) is 0 Å². The summed E-state index contributed by atoms with van der Waals surface area (Å²) in [7, 11) is 1.61. The zero-order chi connectivity index (χ0) is 24.2. The van der Waals surface area contributed by atoms with E-state index in [4.69, 9.17) is 17.0 Å². The maximum absolute atomic E-state index is 13.1. The predicted molar refractivity (Wildman–Crippen MR) is 134 cm³/mol. The van der Waals surface area contributed by atoms with Gasteiger partial charge in [0, 0.05) is 38.9 Å². The molecule has 0 saturated carbocycles. The maximum atomic E-state index is 13.1. The fourth-order valence-electron chi connectivity index (χ4n) is 4.29. The van der Waals surface area contributed by atoms with Gasteiger partial charge in [0.25, 0.3) is 17.4 Å². The molecule has 2 N–H and O–H groups in total. The Hall–Kier alpha value is -3.30. The van der Waals surface area contributed by atoms with Gasteiger partial charge in [-0.1, -0.05) is 12.1 Å². The van der Waals surface area contributed by atoms with E-state index in [0.717, 1.165) is 31.5 Å². The first-order valence-electron chi connectivity index (χ1n) is 11.4. The van der Waals surface area contributed by atoms with E-state index in [1.165, 1.54) is 4.57 Å². The Labute approximate surface area is 202 Å². The molecule has 1 aliphatic heterocycles. The minimum absolute atomic E-state index is 0.0671. The van der Waals surface area contributed by atoms with Crippen LogP contribution < -0.4 is 10.9 Å². The Kier molecular flexibility index (Phi) is 7.23. The molecule has 4 rings (SSSR count). The SMILES string of the molecule is COCCCn1c(=S)[nH]c2cc(C(=O)Nc3cccc(C)c3C(=O)N3CCCC3)ccc2c1=O. The molecule has 2 heterocycles. The number of hydrogen-bond acceptors (Lipinski definition) is 5. The number of aryl methyl sites for hydroxylation is 1. The van der Waals surface area contributed by atoms with Crippen molar-refractivity contribution < 1.29 is 14.3 Å². The third kappa shape index (κ3) is 4.80. The minimum atomic E-state index is -0.369. The Morgan fingerprint density at radius 3 is 2.68 bits per heavy atom. The van der Waals surface area contributed by atoms with Crippen molar-refractivity contribution in [2.45, 2.75) is 32.7 Å². The van der Waals surface area contributed by atoms with Crippen LogP contribution in [0, 0.1) is 11.7 Å².